The summed E-state index contributed by atoms with van der Waals surface area (Å²) in [5, 5.41) is 7.50. The zero-order valence-corrected chi connectivity index (χ0v) is 13.9. The van der Waals surface area contributed by atoms with Crippen LogP contribution in [0.3, 0.4) is 0 Å². The molecule has 1 heterocycles. The number of anilines is 1. The third-order valence-corrected chi connectivity index (χ3v) is 4.74. The van der Waals surface area contributed by atoms with Gasteiger partial charge in [0.15, 0.2) is 0 Å². The fraction of sp³-hybridized carbons (Fsp3) is 0.0952. The molecule has 0 fully saturated rings. The SMILES string of the molecule is Clc1cccc(N2N=CCC2(c2ccccc2)c2ccccc2)c1. The number of rotatable bonds is 3. The van der Waals surface area contributed by atoms with Crippen molar-refractivity contribution in [3.8, 4) is 0 Å². The molecule has 0 amide bonds. The Morgan fingerprint density at radius 1 is 0.792 bits per heavy atom. The normalized spacial score (nSPS) is 15.6. The minimum absolute atomic E-state index is 0.354. The largest absolute Gasteiger partial charge is 0.250 e. The number of benzene rings is 3. The van der Waals surface area contributed by atoms with E-state index in [1.807, 2.05) is 36.5 Å². The van der Waals surface area contributed by atoms with Crippen LogP contribution in [0.2, 0.25) is 5.02 Å². The first-order valence-electron chi connectivity index (χ1n) is 8.00. The Balaban J connectivity index is 1.94. The summed E-state index contributed by atoms with van der Waals surface area (Å²) in [6, 6.07) is 28.9. The van der Waals surface area contributed by atoms with Crippen molar-refractivity contribution < 1.29 is 0 Å². The van der Waals surface area contributed by atoms with E-state index in [1.165, 1.54) is 11.1 Å². The van der Waals surface area contributed by atoms with Gasteiger partial charge in [-0.1, -0.05) is 78.3 Å². The van der Waals surface area contributed by atoms with Gasteiger partial charge in [-0.3, -0.25) is 5.01 Å². The molecule has 3 heteroatoms. The van der Waals surface area contributed by atoms with E-state index in [9.17, 15) is 0 Å². The number of nitrogens with zero attached hydrogens (tertiary/aromatic N) is 2. The minimum atomic E-state index is -0.354. The molecule has 118 valence electrons. The molecule has 0 atom stereocenters. The zero-order valence-electron chi connectivity index (χ0n) is 13.1. The molecule has 3 aromatic rings. The van der Waals surface area contributed by atoms with Crippen molar-refractivity contribution in [2.45, 2.75) is 12.0 Å². The van der Waals surface area contributed by atoms with Crippen LogP contribution in [0.1, 0.15) is 17.5 Å². The maximum atomic E-state index is 6.23. The van der Waals surface area contributed by atoms with Gasteiger partial charge in [-0.15, -0.1) is 0 Å². The summed E-state index contributed by atoms with van der Waals surface area (Å²) < 4.78 is 0. The molecule has 24 heavy (non-hydrogen) atoms. The Hall–Kier alpha value is -2.58. The summed E-state index contributed by atoms with van der Waals surface area (Å²) in [7, 11) is 0. The van der Waals surface area contributed by atoms with Gasteiger partial charge >= 0.3 is 0 Å². The summed E-state index contributed by atoms with van der Waals surface area (Å²) in [5.74, 6) is 0. The van der Waals surface area contributed by atoms with Crippen LogP contribution in [0, 0.1) is 0 Å². The molecule has 0 saturated heterocycles. The molecule has 1 aliphatic rings. The van der Waals surface area contributed by atoms with E-state index in [0.29, 0.717) is 5.02 Å². The molecule has 0 aromatic heterocycles. The van der Waals surface area contributed by atoms with Crippen LogP contribution in [0.5, 0.6) is 0 Å². The highest BCUT2D eigenvalue weighted by molar-refractivity contribution is 6.30. The second-order valence-corrected chi connectivity index (χ2v) is 6.32. The second kappa shape index (κ2) is 6.14. The molecular formula is C21H17ClN2. The molecule has 0 saturated carbocycles. The van der Waals surface area contributed by atoms with Gasteiger partial charge in [-0.25, -0.2) is 0 Å². The van der Waals surface area contributed by atoms with Crippen LogP contribution in [0.25, 0.3) is 0 Å². The lowest BCUT2D eigenvalue weighted by molar-refractivity contribution is 0.535. The van der Waals surface area contributed by atoms with Gasteiger partial charge in [0.1, 0.15) is 5.54 Å². The van der Waals surface area contributed by atoms with Crippen LogP contribution in [-0.4, -0.2) is 6.21 Å². The maximum absolute atomic E-state index is 6.23. The van der Waals surface area contributed by atoms with Gasteiger partial charge in [-0.05, 0) is 29.3 Å². The predicted molar refractivity (Wildman–Crippen MR) is 101 cm³/mol. The highest BCUT2D eigenvalue weighted by Gasteiger charge is 2.43. The van der Waals surface area contributed by atoms with Gasteiger partial charge in [0.05, 0.1) is 5.69 Å². The molecular weight excluding hydrogens is 316 g/mol. The van der Waals surface area contributed by atoms with Crippen molar-refractivity contribution in [1.29, 1.82) is 0 Å². The van der Waals surface area contributed by atoms with E-state index in [-0.39, 0.29) is 5.54 Å². The third-order valence-electron chi connectivity index (χ3n) is 4.50. The van der Waals surface area contributed by atoms with E-state index in [1.54, 1.807) is 0 Å². The number of hydrogen-bond acceptors (Lipinski definition) is 2. The fourth-order valence-corrected chi connectivity index (χ4v) is 3.59. The van der Waals surface area contributed by atoms with E-state index >= 15 is 0 Å². The lowest BCUT2D eigenvalue weighted by atomic mass is 9.80. The molecule has 1 aliphatic heterocycles. The zero-order chi connectivity index (χ0) is 16.4. The molecule has 0 radical (unpaired) electrons. The van der Waals surface area contributed by atoms with Crippen molar-refractivity contribution in [2.24, 2.45) is 5.10 Å². The molecule has 0 N–H and O–H groups in total. The molecule has 0 spiro atoms. The molecule has 4 rings (SSSR count). The predicted octanol–water partition coefficient (Wildman–Crippen LogP) is 5.48. The Labute approximate surface area is 147 Å². The van der Waals surface area contributed by atoms with E-state index in [2.05, 4.69) is 59.6 Å². The lowest BCUT2D eigenvalue weighted by Gasteiger charge is -2.39. The van der Waals surface area contributed by atoms with Crippen molar-refractivity contribution >= 4 is 23.5 Å². The maximum Gasteiger partial charge on any atom is 0.118 e. The Bertz CT molecular complexity index is 820. The summed E-state index contributed by atoms with van der Waals surface area (Å²) >= 11 is 6.23. The van der Waals surface area contributed by atoms with Gasteiger partial charge in [0.2, 0.25) is 0 Å². The van der Waals surface area contributed by atoms with Crippen LogP contribution in [-0.2, 0) is 5.54 Å². The van der Waals surface area contributed by atoms with Gasteiger partial charge in [0, 0.05) is 17.7 Å². The monoisotopic (exact) mass is 332 g/mol. The Morgan fingerprint density at radius 2 is 1.42 bits per heavy atom. The van der Waals surface area contributed by atoms with Gasteiger partial charge < -0.3 is 0 Å². The van der Waals surface area contributed by atoms with Crippen LogP contribution >= 0.6 is 11.6 Å². The van der Waals surface area contributed by atoms with Crippen molar-refractivity contribution in [1.82, 2.24) is 0 Å². The standard InChI is InChI=1S/C21H17ClN2/c22-19-12-7-13-20(16-19)24-21(14-15-23-24,17-8-3-1-4-9-17)18-10-5-2-6-11-18/h1-13,15-16H,14H2. The number of halogens is 1. The first-order chi connectivity index (χ1) is 11.8. The smallest absolute Gasteiger partial charge is 0.118 e. The molecule has 0 unspecified atom stereocenters. The Kier molecular flexibility index (Phi) is 3.83. The van der Waals surface area contributed by atoms with Crippen molar-refractivity contribution in [3.63, 3.8) is 0 Å². The first kappa shape index (κ1) is 15.0. The lowest BCUT2D eigenvalue weighted by Crippen LogP contribution is -2.41. The highest BCUT2D eigenvalue weighted by atomic mass is 35.5. The second-order valence-electron chi connectivity index (χ2n) is 5.89. The molecule has 0 aliphatic carbocycles. The quantitative estimate of drug-likeness (QED) is 0.620. The van der Waals surface area contributed by atoms with Gasteiger partial charge in [-0.2, -0.15) is 5.10 Å². The average Bonchev–Trinajstić information content (AvgIpc) is 3.09. The van der Waals surface area contributed by atoms with Crippen molar-refractivity contribution in [3.05, 3.63) is 101 Å². The first-order valence-corrected chi connectivity index (χ1v) is 8.38. The van der Waals surface area contributed by atoms with Crippen molar-refractivity contribution in [2.75, 3.05) is 5.01 Å². The molecule has 0 bridgehead atoms. The van der Waals surface area contributed by atoms with E-state index in [4.69, 9.17) is 16.7 Å². The van der Waals surface area contributed by atoms with E-state index < -0.39 is 0 Å². The molecule has 3 aromatic carbocycles. The number of hydrazone groups is 1. The Morgan fingerprint density at radius 3 is 2.00 bits per heavy atom. The summed E-state index contributed by atoms with van der Waals surface area (Å²) in [6.07, 6.45) is 2.80. The highest BCUT2D eigenvalue weighted by Crippen LogP contribution is 2.44. The van der Waals surface area contributed by atoms with E-state index in [0.717, 1.165) is 12.1 Å². The van der Waals surface area contributed by atoms with Crippen LogP contribution < -0.4 is 5.01 Å². The third kappa shape index (κ3) is 2.40. The van der Waals surface area contributed by atoms with Gasteiger partial charge in [0.25, 0.3) is 0 Å². The number of hydrogen-bond donors (Lipinski definition) is 0. The topological polar surface area (TPSA) is 15.6 Å². The molecule has 2 nitrogen and oxygen atoms in total. The summed E-state index contributed by atoms with van der Waals surface area (Å²) in [6.45, 7) is 0. The average molecular weight is 333 g/mol. The van der Waals surface area contributed by atoms with Crippen LogP contribution in [0.15, 0.2) is 90.0 Å². The summed E-state index contributed by atoms with van der Waals surface area (Å²) in [4.78, 5) is 0. The van der Waals surface area contributed by atoms with Crippen LogP contribution in [0.4, 0.5) is 5.69 Å². The minimum Gasteiger partial charge on any atom is -0.250 e. The fourth-order valence-electron chi connectivity index (χ4n) is 3.41. The summed E-state index contributed by atoms with van der Waals surface area (Å²) in [5.41, 5.74) is 3.07.